The van der Waals surface area contributed by atoms with E-state index in [1.165, 1.54) is 10.5 Å². The van der Waals surface area contributed by atoms with Crippen molar-refractivity contribution >= 4 is 23.4 Å². The van der Waals surface area contributed by atoms with Gasteiger partial charge in [-0.3, -0.25) is 9.59 Å². The normalized spacial score (nSPS) is 11.6. The zero-order valence-corrected chi connectivity index (χ0v) is 16.6. The highest BCUT2D eigenvalue weighted by Crippen LogP contribution is 2.16. The lowest BCUT2D eigenvalue weighted by Crippen LogP contribution is -2.48. The second-order valence-electron chi connectivity index (χ2n) is 6.23. The van der Waals surface area contributed by atoms with Crippen LogP contribution in [0.4, 0.5) is 0 Å². The van der Waals surface area contributed by atoms with Crippen LogP contribution in [0, 0.1) is 0 Å². The van der Waals surface area contributed by atoms with Gasteiger partial charge in [0.1, 0.15) is 11.8 Å². The number of halogens is 1. The fraction of sp³-hybridized carbons (Fsp3) is 0.333. The highest BCUT2D eigenvalue weighted by molar-refractivity contribution is 6.30. The van der Waals surface area contributed by atoms with E-state index in [2.05, 4.69) is 12.2 Å². The molecule has 27 heavy (non-hydrogen) atoms. The maximum atomic E-state index is 12.8. The zero-order chi connectivity index (χ0) is 19.8. The van der Waals surface area contributed by atoms with Gasteiger partial charge in [-0.2, -0.15) is 0 Å². The van der Waals surface area contributed by atoms with E-state index in [4.69, 9.17) is 16.3 Å². The van der Waals surface area contributed by atoms with Crippen molar-refractivity contribution in [2.24, 2.45) is 0 Å². The maximum absolute atomic E-state index is 12.8. The number of ether oxygens (including phenoxy) is 1. The van der Waals surface area contributed by atoms with Gasteiger partial charge in [0.05, 0.1) is 0 Å². The third-order valence-electron chi connectivity index (χ3n) is 4.35. The van der Waals surface area contributed by atoms with Crippen LogP contribution in [-0.4, -0.2) is 36.4 Å². The average Bonchev–Trinajstić information content (AvgIpc) is 2.69. The van der Waals surface area contributed by atoms with Crippen LogP contribution in [-0.2, 0) is 22.6 Å². The highest BCUT2D eigenvalue weighted by Gasteiger charge is 2.25. The molecule has 0 aliphatic heterocycles. The van der Waals surface area contributed by atoms with Crippen molar-refractivity contribution in [3.63, 3.8) is 0 Å². The standard InChI is InChI=1S/C21H25ClN2O3/c1-4-16-8-10-19(11-9-16)27-14-20(25)24(15(2)21(26)23-3)13-17-6-5-7-18(22)12-17/h5-12,15H,4,13-14H2,1-3H3,(H,23,26)/t15-/m1/s1. The molecular weight excluding hydrogens is 364 g/mol. The fourth-order valence-electron chi connectivity index (χ4n) is 2.67. The summed E-state index contributed by atoms with van der Waals surface area (Å²) in [5.41, 5.74) is 2.04. The van der Waals surface area contributed by atoms with E-state index >= 15 is 0 Å². The second-order valence-corrected chi connectivity index (χ2v) is 6.66. The summed E-state index contributed by atoms with van der Waals surface area (Å²) in [7, 11) is 1.55. The number of carbonyl (C=O) groups excluding carboxylic acids is 2. The van der Waals surface area contributed by atoms with E-state index in [1.807, 2.05) is 36.4 Å². The summed E-state index contributed by atoms with van der Waals surface area (Å²) >= 11 is 6.04. The molecule has 6 heteroatoms. The van der Waals surface area contributed by atoms with Gasteiger partial charge >= 0.3 is 0 Å². The van der Waals surface area contributed by atoms with Gasteiger partial charge in [-0.25, -0.2) is 0 Å². The Kier molecular flexibility index (Phi) is 7.67. The first-order chi connectivity index (χ1) is 12.9. The Balaban J connectivity index is 2.10. The molecule has 0 aliphatic rings. The number of hydrogen-bond donors (Lipinski definition) is 1. The molecule has 2 aromatic rings. The van der Waals surface area contributed by atoms with E-state index in [1.54, 1.807) is 26.1 Å². The Bertz CT molecular complexity index is 777. The Morgan fingerprint density at radius 1 is 1.15 bits per heavy atom. The van der Waals surface area contributed by atoms with Crippen LogP contribution >= 0.6 is 11.6 Å². The minimum atomic E-state index is -0.632. The monoisotopic (exact) mass is 388 g/mol. The van der Waals surface area contributed by atoms with E-state index in [9.17, 15) is 9.59 Å². The van der Waals surface area contributed by atoms with Crippen LogP contribution in [0.1, 0.15) is 25.0 Å². The van der Waals surface area contributed by atoms with Crippen LogP contribution in [0.3, 0.4) is 0 Å². The number of likely N-dealkylation sites (N-methyl/N-ethyl adjacent to an activating group) is 1. The van der Waals surface area contributed by atoms with Crippen LogP contribution in [0.15, 0.2) is 48.5 Å². The predicted molar refractivity (Wildman–Crippen MR) is 107 cm³/mol. The van der Waals surface area contributed by atoms with Crippen LogP contribution < -0.4 is 10.1 Å². The van der Waals surface area contributed by atoms with Gasteiger partial charge in [-0.15, -0.1) is 0 Å². The van der Waals surface area contributed by atoms with Gasteiger partial charge in [0.25, 0.3) is 5.91 Å². The van der Waals surface area contributed by atoms with Gasteiger partial charge in [0, 0.05) is 18.6 Å². The summed E-state index contributed by atoms with van der Waals surface area (Å²) < 4.78 is 5.62. The van der Waals surface area contributed by atoms with Crippen molar-refractivity contribution in [1.29, 1.82) is 0 Å². The molecular formula is C21H25ClN2O3. The number of rotatable bonds is 8. The Labute approximate surface area is 165 Å². The molecule has 0 heterocycles. The van der Waals surface area contributed by atoms with E-state index < -0.39 is 6.04 Å². The topological polar surface area (TPSA) is 58.6 Å². The minimum Gasteiger partial charge on any atom is -0.484 e. The molecule has 0 aliphatic carbocycles. The summed E-state index contributed by atoms with van der Waals surface area (Å²) in [6.45, 7) is 3.89. The average molecular weight is 389 g/mol. The Hall–Kier alpha value is -2.53. The van der Waals surface area contributed by atoms with Crippen molar-refractivity contribution in [1.82, 2.24) is 10.2 Å². The summed E-state index contributed by atoms with van der Waals surface area (Å²) in [6.07, 6.45) is 0.941. The number of carbonyl (C=O) groups is 2. The number of benzene rings is 2. The van der Waals surface area contributed by atoms with Crippen LogP contribution in [0.5, 0.6) is 5.75 Å². The molecule has 0 saturated heterocycles. The van der Waals surface area contributed by atoms with Gasteiger partial charge in [0.2, 0.25) is 5.91 Å². The van der Waals surface area contributed by atoms with Gasteiger partial charge in [-0.1, -0.05) is 42.8 Å². The fourth-order valence-corrected chi connectivity index (χ4v) is 2.89. The van der Waals surface area contributed by atoms with Crippen molar-refractivity contribution in [2.45, 2.75) is 32.9 Å². The number of aryl methyl sites for hydroxylation is 1. The SMILES string of the molecule is CCc1ccc(OCC(=O)N(Cc2cccc(Cl)c2)[C@H](C)C(=O)NC)cc1. The van der Waals surface area contributed by atoms with Crippen molar-refractivity contribution in [2.75, 3.05) is 13.7 Å². The minimum absolute atomic E-state index is 0.145. The van der Waals surface area contributed by atoms with Crippen LogP contribution in [0.25, 0.3) is 0 Å². The zero-order valence-electron chi connectivity index (χ0n) is 15.9. The highest BCUT2D eigenvalue weighted by atomic mass is 35.5. The molecule has 5 nitrogen and oxygen atoms in total. The lowest BCUT2D eigenvalue weighted by molar-refractivity contribution is -0.142. The van der Waals surface area contributed by atoms with Crippen molar-refractivity contribution in [3.05, 3.63) is 64.7 Å². The van der Waals surface area contributed by atoms with Crippen LogP contribution in [0.2, 0.25) is 5.02 Å². The van der Waals surface area contributed by atoms with E-state index in [0.29, 0.717) is 10.8 Å². The van der Waals surface area contributed by atoms with Crippen molar-refractivity contribution in [3.8, 4) is 5.75 Å². The molecule has 0 saturated carbocycles. The molecule has 0 fully saturated rings. The Morgan fingerprint density at radius 3 is 2.44 bits per heavy atom. The summed E-state index contributed by atoms with van der Waals surface area (Å²) in [4.78, 5) is 26.4. The lowest BCUT2D eigenvalue weighted by atomic mass is 10.1. The quantitative estimate of drug-likeness (QED) is 0.753. The first kappa shape index (κ1) is 20.8. The molecule has 0 aromatic heterocycles. The molecule has 1 N–H and O–H groups in total. The molecule has 0 spiro atoms. The molecule has 1 atom stereocenters. The predicted octanol–water partition coefficient (Wildman–Crippen LogP) is 3.44. The summed E-state index contributed by atoms with van der Waals surface area (Å²) in [6, 6.07) is 14.2. The van der Waals surface area contributed by atoms with E-state index in [0.717, 1.165) is 12.0 Å². The summed E-state index contributed by atoms with van der Waals surface area (Å²) in [5.74, 6) is 0.110. The number of amides is 2. The molecule has 144 valence electrons. The number of hydrogen-bond acceptors (Lipinski definition) is 3. The molecule has 0 radical (unpaired) electrons. The molecule has 2 rings (SSSR count). The summed E-state index contributed by atoms with van der Waals surface area (Å²) in [5, 5.41) is 3.17. The first-order valence-corrected chi connectivity index (χ1v) is 9.29. The molecule has 2 amide bonds. The third kappa shape index (κ3) is 6.00. The molecule has 2 aromatic carbocycles. The van der Waals surface area contributed by atoms with Gasteiger partial charge in [-0.05, 0) is 48.7 Å². The number of nitrogens with zero attached hydrogens (tertiary/aromatic N) is 1. The van der Waals surface area contributed by atoms with Gasteiger partial charge < -0.3 is 15.0 Å². The third-order valence-corrected chi connectivity index (χ3v) is 4.58. The smallest absolute Gasteiger partial charge is 0.261 e. The van der Waals surface area contributed by atoms with E-state index in [-0.39, 0.29) is 25.0 Å². The Morgan fingerprint density at radius 2 is 1.85 bits per heavy atom. The van der Waals surface area contributed by atoms with Gasteiger partial charge in [0.15, 0.2) is 6.61 Å². The molecule has 0 unspecified atom stereocenters. The lowest BCUT2D eigenvalue weighted by Gasteiger charge is -2.28. The first-order valence-electron chi connectivity index (χ1n) is 8.91. The van der Waals surface area contributed by atoms with Crippen molar-refractivity contribution < 1.29 is 14.3 Å². The largest absolute Gasteiger partial charge is 0.484 e. The molecule has 0 bridgehead atoms. The second kappa shape index (κ2) is 9.97. The number of nitrogens with one attached hydrogen (secondary N) is 1. The maximum Gasteiger partial charge on any atom is 0.261 e.